The van der Waals surface area contributed by atoms with Crippen LogP contribution in [0, 0.1) is 18.3 Å². The highest BCUT2D eigenvalue weighted by molar-refractivity contribution is 7.89. The number of sulfonamides is 1. The lowest BCUT2D eigenvalue weighted by Crippen LogP contribution is -2.40. The normalized spacial score (nSPS) is 14.7. The highest BCUT2D eigenvalue weighted by Gasteiger charge is 2.27. The van der Waals surface area contributed by atoms with Gasteiger partial charge in [-0.15, -0.1) is 11.3 Å². The van der Waals surface area contributed by atoms with Gasteiger partial charge in [0.05, 0.1) is 29.2 Å². The van der Waals surface area contributed by atoms with Crippen LogP contribution in [0.25, 0.3) is 0 Å². The third kappa shape index (κ3) is 4.85. The zero-order valence-electron chi connectivity index (χ0n) is 16.1. The van der Waals surface area contributed by atoms with Crippen LogP contribution in [0.5, 0.6) is 0 Å². The lowest BCUT2D eigenvalue weighted by atomic mass is 10.1. The second-order valence-electron chi connectivity index (χ2n) is 6.39. The Morgan fingerprint density at radius 3 is 2.73 bits per heavy atom. The smallest absolute Gasteiger partial charge is 0.338 e. The number of thiophene rings is 1. The Morgan fingerprint density at radius 1 is 1.30 bits per heavy atom. The first kappa shape index (κ1) is 21.9. The molecule has 11 heteroatoms. The molecule has 30 heavy (non-hydrogen) atoms. The van der Waals surface area contributed by atoms with Crippen LogP contribution < -0.4 is 5.32 Å². The van der Waals surface area contributed by atoms with Crippen LogP contribution in [0.1, 0.15) is 21.5 Å². The quantitative estimate of drug-likeness (QED) is 0.666. The van der Waals surface area contributed by atoms with Crippen LogP contribution in [-0.4, -0.2) is 57.5 Å². The van der Waals surface area contributed by atoms with Crippen LogP contribution in [0.2, 0.25) is 0 Å². The minimum atomic E-state index is -3.77. The van der Waals surface area contributed by atoms with E-state index in [0.29, 0.717) is 29.3 Å². The van der Waals surface area contributed by atoms with Crippen LogP contribution in [0.15, 0.2) is 34.5 Å². The fraction of sp³-hybridized carbons (Fsp3) is 0.316. The molecule has 0 saturated carbocycles. The van der Waals surface area contributed by atoms with Crippen molar-refractivity contribution in [1.29, 1.82) is 5.26 Å². The molecule has 158 valence electrons. The number of rotatable bonds is 6. The zero-order valence-corrected chi connectivity index (χ0v) is 17.7. The molecule has 9 nitrogen and oxygen atoms in total. The summed E-state index contributed by atoms with van der Waals surface area (Å²) in [7, 11) is -3.77. The summed E-state index contributed by atoms with van der Waals surface area (Å²) in [5.41, 5.74) is 0.897. The number of carbonyl (C=O) groups is 2. The average molecular weight is 450 g/mol. The number of aryl methyl sites for hydroxylation is 1. The maximum atomic E-state index is 12.8. The highest BCUT2D eigenvalue weighted by Crippen LogP contribution is 2.23. The molecule has 1 aromatic heterocycles. The Hall–Kier alpha value is -2.78. The van der Waals surface area contributed by atoms with E-state index >= 15 is 0 Å². The van der Waals surface area contributed by atoms with Gasteiger partial charge < -0.3 is 14.8 Å². The SMILES string of the molecule is Cc1ccc(S(=O)(=O)N2CCOCC2)cc1C(=O)OCC(=O)Nc1sccc1C#N. The van der Waals surface area contributed by atoms with Crippen LogP contribution in [0.4, 0.5) is 5.00 Å². The first-order valence-corrected chi connectivity index (χ1v) is 11.3. The van der Waals surface area contributed by atoms with E-state index in [1.54, 1.807) is 18.4 Å². The number of carbonyl (C=O) groups excluding carboxylic acids is 2. The summed E-state index contributed by atoms with van der Waals surface area (Å²) in [6.45, 7) is 2.18. The summed E-state index contributed by atoms with van der Waals surface area (Å²) in [6.07, 6.45) is 0. The average Bonchev–Trinajstić information content (AvgIpc) is 3.19. The molecule has 1 N–H and O–H groups in total. The third-order valence-electron chi connectivity index (χ3n) is 4.41. The first-order chi connectivity index (χ1) is 14.3. The summed E-state index contributed by atoms with van der Waals surface area (Å²) in [6, 6.07) is 7.73. The van der Waals surface area contributed by atoms with Crippen LogP contribution in [0.3, 0.4) is 0 Å². The van der Waals surface area contributed by atoms with Gasteiger partial charge in [-0.05, 0) is 36.1 Å². The minimum Gasteiger partial charge on any atom is -0.452 e. The van der Waals surface area contributed by atoms with Gasteiger partial charge in [-0.2, -0.15) is 9.57 Å². The van der Waals surface area contributed by atoms with Gasteiger partial charge in [-0.1, -0.05) is 6.07 Å². The number of nitrogens with zero attached hydrogens (tertiary/aromatic N) is 2. The van der Waals surface area contributed by atoms with Gasteiger partial charge in [0.15, 0.2) is 6.61 Å². The lowest BCUT2D eigenvalue weighted by molar-refractivity contribution is -0.119. The van der Waals surface area contributed by atoms with Crippen LogP contribution in [-0.2, 0) is 24.3 Å². The van der Waals surface area contributed by atoms with Crippen molar-refractivity contribution in [2.75, 3.05) is 38.2 Å². The number of benzene rings is 1. The second-order valence-corrected chi connectivity index (χ2v) is 9.25. The highest BCUT2D eigenvalue weighted by atomic mass is 32.2. The summed E-state index contributed by atoms with van der Waals surface area (Å²) in [4.78, 5) is 24.5. The molecule has 2 aromatic rings. The molecule has 0 spiro atoms. The summed E-state index contributed by atoms with van der Waals surface area (Å²) >= 11 is 1.18. The van der Waals surface area contributed by atoms with E-state index in [0.717, 1.165) is 0 Å². The maximum Gasteiger partial charge on any atom is 0.338 e. The molecule has 1 aliphatic heterocycles. The molecule has 0 radical (unpaired) electrons. The maximum absolute atomic E-state index is 12.8. The van der Waals surface area contributed by atoms with Gasteiger partial charge in [-0.25, -0.2) is 13.2 Å². The number of morpholine rings is 1. The van der Waals surface area contributed by atoms with Gasteiger partial charge >= 0.3 is 5.97 Å². The Kier molecular flexibility index (Phi) is 6.84. The first-order valence-electron chi connectivity index (χ1n) is 8.96. The number of ether oxygens (including phenoxy) is 2. The molecule has 1 saturated heterocycles. The van der Waals surface area contributed by atoms with E-state index < -0.39 is 28.5 Å². The van der Waals surface area contributed by atoms with Crippen molar-refractivity contribution >= 4 is 38.2 Å². The number of anilines is 1. The van der Waals surface area contributed by atoms with E-state index in [2.05, 4.69) is 5.32 Å². The predicted octanol–water partition coefficient (Wildman–Crippen LogP) is 1.74. The number of nitriles is 1. The predicted molar refractivity (Wildman–Crippen MR) is 109 cm³/mol. The van der Waals surface area contributed by atoms with E-state index in [-0.39, 0.29) is 23.5 Å². The van der Waals surface area contributed by atoms with E-state index in [9.17, 15) is 18.0 Å². The minimum absolute atomic E-state index is 0.0244. The van der Waals surface area contributed by atoms with E-state index in [1.807, 2.05) is 6.07 Å². The number of nitrogens with one attached hydrogen (secondary N) is 1. The monoisotopic (exact) mass is 449 g/mol. The molecule has 1 aromatic carbocycles. The molecule has 0 bridgehead atoms. The molecular weight excluding hydrogens is 430 g/mol. The molecule has 1 aliphatic rings. The van der Waals surface area contributed by atoms with Crippen molar-refractivity contribution in [1.82, 2.24) is 4.31 Å². The fourth-order valence-corrected chi connectivity index (χ4v) is 4.97. The number of hydrogen-bond donors (Lipinski definition) is 1. The molecule has 3 rings (SSSR count). The van der Waals surface area contributed by atoms with Gasteiger partial charge in [0.25, 0.3) is 5.91 Å². The molecule has 0 aliphatic carbocycles. The second kappa shape index (κ2) is 9.36. The lowest BCUT2D eigenvalue weighted by Gasteiger charge is -2.26. The van der Waals surface area contributed by atoms with E-state index in [1.165, 1.54) is 33.8 Å². The number of esters is 1. The largest absolute Gasteiger partial charge is 0.452 e. The van der Waals surface area contributed by atoms with Gasteiger partial charge in [0, 0.05) is 13.1 Å². The summed E-state index contributed by atoms with van der Waals surface area (Å²) in [5, 5.41) is 13.5. The number of hydrogen-bond acceptors (Lipinski definition) is 8. The van der Waals surface area contributed by atoms with Crippen molar-refractivity contribution in [2.24, 2.45) is 0 Å². The Balaban J connectivity index is 1.69. The van der Waals surface area contributed by atoms with Crippen molar-refractivity contribution in [3.63, 3.8) is 0 Å². The Morgan fingerprint density at radius 2 is 2.03 bits per heavy atom. The molecule has 0 unspecified atom stereocenters. The zero-order chi connectivity index (χ0) is 21.7. The third-order valence-corrected chi connectivity index (χ3v) is 7.13. The standard InChI is InChI=1S/C19H19N3O6S2/c1-13-2-3-15(30(25,26)22-5-7-27-8-6-22)10-16(13)19(24)28-12-17(23)21-18-14(11-20)4-9-29-18/h2-4,9-10H,5-8,12H2,1H3,(H,21,23). The van der Waals surface area contributed by atoms with Gasteiger partial charge in [-0.3, -0.25) is 4.79 Å². The molecular formula is C19H19N3O6S2. The van der Waals surface area contributed by atoms with Crippen molar-refractivity contribution in [3.05, 3.63) is 46.3 Å². The summed E-state index contributed by atoms with van der Waals surface area (Å²) in [5.74, 6) is -1.41. The van der Waals surface area contributed by atoms with Gasteiger partial charge in [0.1, 0.15) is 11.1 Å². The number of amides is 1. The van der Waals surface area contributed by atoms with Crippen LogP contribution >= 0.6 is 11.3 Å². The summed E-state index contributed by atoms with van der Waals surface area (Å²) < 4.78 is 37.1. The van der Waals surface area contributed by atoms with Crippen molar-refractivity contribution < 1.29 is 27.5 Å². The fourth-order valence-electron chi connectivity index (χ4n) is 2.78. The molecule has 0 atom stereocenters. The van der Waals surface area contributed by atoms with E-state index in [4.69, 9.17) is 14.7 Å². The molecule has 2 heterocycles. The van der Waals surface area contributed by atoms with Crippen molar-refractivity contribution in [3.8, 4) is 6.07 Å². The van der Waals surface area contributed by atoms with Crippen molar-refractivity contribution in [2.45, 2.75) is 11.8 Å². The molecule has 1 amide bonds. The Bertz CT molecular complexity index is 1100. The Labute approximate surface area is 177 Å². The van der Waals surface area contributed by atoms with Gasteiger partial charge in [0.2, 0.25) is 10.0 Å². The topological polar surface area (TPSA) is 126 Å². The molecule has 1 fully saturated rings.